The normalized spacial score (nSPS) is 11.6. The van der Waals surface area contributed by atoms with Crippen LogP contribution in [-0.4, -0.2) is 29.1 Å². The molecule has 45 heavy (non-hydrogen) atoms. The Morgan fingerprint density at radius 3 is 1.96 bits per heavy atom. The van der Waals surface area contributed by atoms with Gasteiger partial charge in [0.1, 0.15) is 29.1 Å². The van der Waals surface area contributed by atoms with E-state index in [-0.39, 0.29) is 23.7 Å². The molecule has 0 fully saturated rings. The first kappa shape index (κ1) is 29.7. The fourth-order valence-corrected chi connectivity index (χ4v) is 5.98. The fourth-order valence-electron chi connectivity index (χ4n) is 4.88. The molecule has 0 saturated carbocycles. The molecule has 0 aliphatic carbocycles. The second-order valence-corrected chi connectivity index (χ2v) is 11.4. The lowest BCUT2D eigenvalue weighted by molar-refractivity contribution is 0.0747. The molecule has 6 nitrogen and oxygen atoms in total. The van der Waals surface area contributed by atoms with Crippen molar-refractivity contribution in [3.05, 3.63) is 166 Å². The monoisotopic (exact) mass is 612 g/mol. The Morgan fingerprint density at radius 1 is 0.644 bits per heavy atom. The zero-order chi connectivity index (χ0) is 31.2. The fraction of sp³-hybridized carbons (Fsp3) is 0.0789. The molecule has 6 rings (SSSR count). The molecule has 5 aromatic carbocycles. The van der Waals surface area contributed by atoms with Crippen molar-refractivity contribution < 1.29 is 29.0 Å². The van der Waals surface area contributed by atoms with Crippen molar-refractivity contribution in [1.29, 1.82) is 0 Å². The number of rotatable bonds is 12. The van der Waals surface area contributed by atoms with Gasteiger partial charge in [-0.1, -0.05) is 97.1 Å². The lowest BCUT2D eigenvalue weighted by atomic mass is 9.98. The number of carbonyl (C=O) groups is 3. The molecule has 222 valence electrons. The number of aliphatic hydroxyl groups excluding tert-OH is 1. The van der Waals surface area contributed by atoms with Crippen LogP contribution in [-0.2, 0) is 6.61 Å². The van der Waals surface area contributed by atoms with E-state index in [0.29, 0.717) is 39.7 Å². The van der Waals surface area contributed by atoms with E-state index in [9.17, 15) is 19.5 Å². The van der Waals surface area contributed by atoms with E-state index in [2.05, 4.69) is 0 Å². The van der Waals surface area contributed by atoms with Crippen LogP contribution in [0.1, 0.15) is 53.2 Å². The highest BCUT2D eigenvalue weighted by Gasteiger charge is 2.24. The van der Waals surface area contributed by atoms with Crippen molar-refractivity contribution in [3.8, 4) is 11.5 Å². The minimum Gasteiger partial charge on any atom is -0.489 e. The third-order valence-electron chi connectivity index (χ3n) is 7.32. The largest absolute Gasteiger partial charge is 0.489 e. The summed E-state index contributed by atoms with van der Waals surface area (Å²) in [5.41, 5.74) is 2.65. The van der Waals surface area contributed by atoms with Gasteiger partial charge < -0.3 is 14.6 Å². The van der Waals surface area contributed by atoms with Crippen molar-refractivity contribution in [2.24, 2.45) is 0 Å². The predicted molar refractivity (Wildman–Crippen MR) is 174 cm³/mol. The smallest absolute Gasteiger partial charge is 0.206 e. The van der Waals surface area contributed by atoms with Crippen LogP contribution in [0.15, 0.2) is 133 Å². The van der Waals surface area contributed by atoms with Crippen LogP contribution in [0.3, 0.4) is 0 Å². The highest BCUT2D eigenvalue weighted by Crippen LogP contribution is 2.39. The first-order valence-electron chi connectivity index (χ1n) is 14.3. The number of ketones is 3. The van der Waals surface area contributed by atoms with Crippen LogP contribution in [0.25, 0.3) is 10.1 Å². The van der Waals surface area contributed by atoms with E-state index < -0.39 is 11.9 Å². The van der Waals surface area contributed by atoms with Crippen LogP contribution in [0.5, 0.6) is 11.5 Å². The molecule has 1 aromatic heterocycles. The molecule has 0 aliphatic heterocycles. The van der Waals surface area contributed by atoms with Crippen molar-refractivity contribution in [1.82, 2.24) is 0 Å². The van der Waals surface area contributed by atoms with Crippen molar-refractivity contribution in [2.45, 2.75) is 12.7 Å². The standard InChI is InChI=1S/C38H28O6S/c39-32(26-19-21-30(22-20-26)43-23-25-9-3-1-4-10-25)24-44-37-31-13-7-8-14-33(31)45-38(37)36(42)29-17-15-28(16-18-29)35(41)34(40)27-11-5-2-6-12-27/h1-22,34,40H,23-24H2. The third kappa shape index (κ3) is 6.75. The van der Waals surface area contributed by atoms with Gasteiger partial charge in [0, 0.05) is 26.8 Å². The van der Waals surface area contributed by atoms with E-state index in [4.69, 9.17) is 9.47 Å². The van der Waals surface area contributed by atoms with E-state index in [1.807, 2.05) is 60.7 Å². The Bertz CT molecular complexity index is 1950. The minimum atomic E-state index is -1.30. The van der Waals surface area contributed by atoms with Gasteiger partial charge >= 0.3 is 0 Å². The van der Waals surface area contributed by atoms with Crippen LogP contribution in [0, 0.1) is 0 Å². The van der Waals surface area contributed by atoms with Gasteiger partial charge in [0.15, 0.2) is 18.2 Å². The van der Waals surface area contributed by atoms with E-state index in [1.54, 1.807) is 60.7 Å². The number of hydrogen-bond acceptors (Lipinski definition) is 7. The maximum Gasteiger partial charge on any atom is 0.206 e. The number of benzene rings is 5. The highest BCUT2D eigenvalue weighted by atomic mass is 32.1. The van der Waals surface area contributed by atoms with Gasteiger partial charge in [0.05, 0.1) is 0 Å². The topological polar surface area (TPSA) is 89.9 Å². The minimum absolute atomic E-state index is 0.238. The Kier molecular flexibility index (Phi) is 8.91. The molecular weight excluding hydrogens is 584 g/mol. The van der Waals surface area contributed by atoms with Crippen LogP contribution in [0.2, 0.25) is 0 Å². The molecule has 1 unspecified atom stereocenters. The van der Waals surface area contributed by atoms with Crippen LogP contribution >= 0.6 is 11.3 Å². The highest BCUT2D eigenvalue weighted by molar-refractivity contribution is 7.21. The van der Waals surface area contributed by atoms with Gasteiger partial charge in [-0.2, -0.15) is 0 Å². The summed E-state index contributed by atoms with van der Waals surface area (Å²) in [7, 11) is 0. The summed E-state index contributed by atoms with van der Waals surface area (Å²) in [6.07, 6.45) is -1.30. The predicted octanol–water partition coefficient (Wildman–Crippen LogP) is 7.89. The summed E-state index contributed by atoms with van der Waals surface area (Å²) < 4.78 is 12.7. The quantitative estimate of drug-likeness (QED) is 0.141. The molecule has 0 amide bonds. The van der Waals surface area contributed by atoms with Crippen LogP contribution < -0.4 is 9.47 Å². The maximum absolute atomic E-state index is 13.7. The van der Waals surface area contributed by atoms with Gasteiger partial charge in [0.25, 0.3) is 0 Å². The molecule has 0 aliphatic rings. The number of hydrogen-bond donors (Lipinski definition) is 1. The number of ether oxygens (including phenoxy) is 2. The number of carbonyl (C=O) groups excluding carboxylic acids is 3. The Labute approximate surface area is 264 Å². The van der Waals surface area contributed by atoms with Crippen LogP contribution in [0.4, 0.5) is 0 Å². The summed E-state index contributed by atoms with van der Waals surface area (Å²) in [6.45, 7) is 0.171. The second kappa shape index (κ2) is 13.5. The lowest BCUT2D eigenvalue weighted by Crippen LogP contribution is -2.13. The van der Waals surface area contributed by atoms with Crippen molar-refractivity contribution in [3.63, 3.8) is 0 Å². The van der Waals surface area contributed by atoms with Gasteiger partial charge in [0.2, 0.25) is 5.78 Å². The first-order chi connectivity index (χ1) is 22.0. The Hall–Kier alpha value is -5.37. The molecule has 1 heterocycles. The first-order valence-corrected chi connectivity index (χ1v) is 15.2. The number of thiophene rings is 1. The van der Waals surface area contributed by atoms with Crippen molar-refractivity contribution in [2.75, 3.05) is 6.61 Å². The van der Waals surface area contributed by atoms with Gasteiger partial charge in [-0.3, -0.25) is 14.4 Å². The Morgan fingerprint density at radius 2 is 1.24 bits per heavy atom. The molecule has 0 saturated heterocycles. The molecule has 7 heteroatoms. The lowest BCUT2D eigenvalue weighted by Gasteiger charge is -2.11. The van der Waals surface area contributed by atoms with Crippen molar-refractivity contribution >= 4 is 38.8 Å². The van der Waals surface area contributed by atoms with E-state index >= 15 is 0 Å². The number of Topliss-reactive ketones (excluding diaryl/α,β-unsaturated/α-hetero) is 2. The van der Waals surface area contributed by atoms with Gasteiger partial charge in [-0.05, 0) is 47.5 Å². The zero-order valence-electron chi connectivity index (χ0n) is 24.1. The van der Waals surface area contributed by atoms with E-state index in [0.717, 1.165) is 15.6 Å². The average molecular weight is 613 g/mol. The third-order valence-corrected chi connectivity index (χ3v) is 8.47. The molecular formula is C38H28O6S. The SMILES string of the molecule is O=C(COc1c(C(=O)c2ccc(C(=O)C(O)c3ccccc3)cc2)sc2ccccc12)c1ccc(OCc2ccccc2)cc1. The molecule has 6 aromatic rings. The molecule has 1 atom stereocenters. The number of aliphatic hydroxyl groups is 1. The molecule has 0 bridgehead atoms. The molecule has 0 radical (unpaired) electrons. The zero-order valence-corrected chi connectivity index (χ0v) is 24.9. The summed E-state index contributed by atoms with van der Waals surface area (Å²) in [5, 5.41) is 11.3. The Balaban J connectivity index is 1.16. The molecule has 0 spiro atoms. The van der Waals surface area contributed by atoms with E-state index in [1.165, 1.54) is 23.5 Å². The maximum atomic E-state index is 13.7. The molecule has 1 N–H and O–H groups in total. The summed E-state index contributed by atoms with van der Waals surface area (Å²) in [6, 6.07) is 39.1. The summed E-state index contributed by atoms with van der Waals surface area (Å²) in [4.78, 5) is 40.0. The second-order valence-electron chi connectivity index (χ2n) is 10.4. The summed E-state index contributed by atoms with van der Waals surface area (Å²) in [5.74, 6) is 0.00596. The van der Waals surface area contributed by atoms with Gasteiger partial charge in [-0.25, -0.2) is 0 Å². The summed E-state index contributed by atoms with van der Waals surface area (Å²) >= 11 is 1.28. The number of fused-ring (bicyclic) bond motifs is 1. The van der Waals surface area contributed by atoms with Gasteiger partial charge in [-0.15, -0.1) is 11.3 Å². The average Bonchev–Trinajstić information content (AvgIpc) is 3.48.